The lowest BCUT2D eigenvalue weighted by atomic mass is 9.85. The molecule has 2 atom stereocenters. The first-order chi connectivity index (χ1) is 20.8. The minimum atomic E-state index is -2.51. The molecule has 1 amide bonds. The molecule has 2 N–H and O–H groups in total. The number of likely N-dealkylation sites (tertiary alicyclic amines) is 1. The van der Waals surface area contributed by atoms with Crippen LogP contribution in [0.15, 0.2) is 48.8 Å². The van der Waals surface area contributed by atoms with Crippen LogP contribution < -0.4 is 10.2 Å². The van der Waals surface area contributed by atoms with Gasteiger partial charge in [0, 0.05) is 61.8 Å². The zero-order valence-electron chi connectivity index (χ0n) is 25.6. The Hall–Kier alpha value is -3.86. The van der Waals surface area contributed by atoms with Gasteiger partial charge in [0.2, 0.25) is 11.6 Å². The van der Waals surface area contributed by atoms with Gasteiger partial charge in [0.25, 0.3) is 5.91 Å². The summed E-state index contributed by atoms with van der Waals surface area (Å²) < 4.78 is 47.3. The second-order valence-corrected chi connectivity index (χ2v) is 12.9. The molecule has 2 aromatic carbocycles. The normalized spacial score (nSPS) is 21.5. The quantitative estimate of drug-likeness (QED) is 0.344. The van der Waals surface area contributed by atoms with Crippen LogP contribution in [0.25, 0.3) is 0 Å². The van der Waals surface area contributed by atoms with Crippen LogP contribution in [0.2, 0.25) is 0 Å². The molecule has 0 radical (unpaired) electrons. The first-order valence-corrected chi connectivity index (χ1v) is 15.1. The summed E-state index contributed by atoms with van der Waals surface area (Å²) in [7, 11) is 0. The van der Waals surface area contributed by atoms with Crippen LogP contribution >= 0.6 is 0 Å². The molecule has 2 aliphatic rings. The van der Waals surface area contributed by atoms with E-state index in [1.54, 1.807) is 15.7 Å². The summed E-state index contributed by atoms with van der Waals surface area (Å²) in [4.78, 5) is 33.5. The molecule has 8 nitrogen and oxygen atoms in total. The molecule has 0 bridgehead atoms. The number of aliphatic carboxylic acids is 1. The number of carboxylic acids is 1. The van der Waals surface area contributed by atoms with Crippen molar-refractivity contribution in [1.29, 1.82) is 0 Å². The Kier molecular flexibility index (Phi) is 8.80. The number of carbonyl (C=O) groups is 2. The first-order valence-electron chi connectivity index (χ1n) is 15.1. The fourth-order valence-electron chi connectivity index (χ4n) is 6.26. The van der Waals surface area contributed by atoms with Crippen molar-refractivity contribution >= 4 is 23.5 Å². The van der Waals surface area contributed by atoms with Crippen LogP contribution in [-0.4, -0.2) is 68.8 Å². The number of nitrogens with zero attached hydrogens (tertiary/aromatic N) is 4. The fourth-order valence-corrected chi connectivity index (χ4v) is 6.26. The largest absolute Gasteiger partial charge is 0.481 e. The number of aryl methyl sites for hydroxylation is 1. The van der Waals surface area contributed by atoms with Gasteiger partial charge < -0.3 is 14.6 Å². The average molecular weight is 612 g/mol. The average Bonchev–Trinajstić information content (AvgIpc) is 3.57. The van der Waals surface area contributed by atoms with Gasteiger partial charge in [0.1, 0.15) is 11.6 Å². The van der Waals surface area contributed by atoms with E-state index in [1.165, 1.54) is 12.3 Å². The number of benzene rings is 2. The number of rotatable bonds is 8. The SMILES string of the molecule is CCc1ccc(Cn2ccnc2NC(=O)[C@]2(F)CN(C(C)(C)C)C[C@H]2c2ccc(F)cc2F)c(N2CCC(C(=O)O)CC2)c1. The molecule has 3 heterocycles. The van der Waals surface area contributed by atoms with Crippen molar-refractivity contribution in [2.45, 2.75) is 70.6 Å². The van der Waals surface area contributed by atoms with Crippen LogP contribution in [0.1, 0.15) is 63.1 Å². The Labute approximate surface area is 255 Å². The monoisotopic (exact) mass is 611 g/mol. The van der Waals surface area contributed by atoms with E-state index < -0.39 is 40.6 Å². The second-order valence-electron chi connectivity index (χ2n) is 12.9. The lowest BCUT2D eigenvalue weighted by molar-refractivity contribution is -0.142. The van der Waals surface area contributed by atoms with Gasteiger partial charge in [-0.3, -0.25) is 19.8 Å². The minimum Gasteiger partial charge on any atom is -0.481 e. The smallest absolute Gasteiger partial charge is 0.306 e. The highest BCUT2D eigenvalue weighted by Crippen LogP contribution is 2.43. The van der Waals surface area contributed by atoms with E-state index in [2.05, 4.69) is 28.2 Å². The molecule has 3 aromatic rings. The zero-order chi connectivity index (χ0) is 31.8. The summed E-state index contributed by atoms with van der Waals surface area (Å²) in [5.74, 6) is -4.74. The number of carboxylic acid groups (broad SMARTS) is 1. The van der Waals surface area contributed by atoms with Crippen LogP contribution in [0.4, 0.5) is 24.8 Å². The van der Waals surface area contributed by atoms with Gasteiger partial charge in [0.05, 0.1) is 12.5 Å². The van der Waals surface area contributed by atoms with E-state index in [1.807, 2.05) is 32.9 Å². The Balaban J connectivity index is 1.40. The summed E-state index contributed by atoms with van der Waals surface area (Å²) in [5, 5.41) is 12.1. The summed E-state index contributed by atoms with van der Waals surface area (Å²) in [6, 6.07) is 9.18. The number of piperidine rings is 1. The molecule has 0 unspecified atom stereocenters. The number of halogens is 3. The topological polar surface area (TPSA) is 90.7 Å². The second kappa shape index (κ2) is 12.3. The summed E-state index contributed by atoms with van der Waals surface area (Å²) in [6.07, 6.45) is 5.16. The van der Waals surface area contributed by atoms with Crippen molar-refractivity contribution in [3.05, 3.63) is 77.1 Å². The lowest BCUT2D eigenvalue weighted by Gasteiger charge is -2.34. The van der Waals surface area contributed by atoms with E-state index in [0.717, 1.165) is 29.3 Å². The van der Waals surface area contributed by atoms with E-state index in [-0.39, 0.29) is 30.5 Å². The maximum atomic E-state index is 16.9. The number of aromatic nitrogens is 2. The van der Waals surface area contributed by atoms with E-state index in [0.29, 0.717) is 38.5 Å². The molecule has 2 saturated heterocycles. The molecule has 11 heteroatoms. The van der Waals surface area contributed by atoms with Gasteiger partial charge in [-0.2, -0.15) is 0 Å². The third-order valence-electron chi connectivity index (χ3n) is 9.06. The zero-order valence-corrected chi connectivity index (χ0v) is 25.6. The number of anilines is 2. The third kappa shape index (κ3) is 6.33. The van der Waals surface area contributed by atoms with Gasteiger partial charge in [-0.1, -0.05) is 25.1 Å². The Morgan fingerprint density at radius 3 is 2.48 bits per heavy atom. The first kappa shape index (κ1) is 31.6. The van der Waals surface area contributed by atoms with Crippen molar-refractivity contribution in [3.63, 3.8) is 0 Å². The van der Waals surface area contributed by atoms with Gasteiger partial charge in [-0.25, -0.2) is 18.2 Å². The molecule has 44 heavy (non-hydrogen) atoms. The van der Waals surface area contributed by atoms with Crippen LogP contribution in [0, 0.1) is 17.6 Å². The summed E-state index contributed by atoms with van der Waals surface area (Å²) in [6.45, 7) is 9.13. The predicted octanol–water partition coefficient (Wildman–Crippen LogP) is 5.62. The number of hydrogen-bond donors (Lipinski definition) is 2. The highest BCUT2D eigenvalue weighted by Gasteiger charge is 2.56. The molecule has 2 fully saturated rings. The standard InChI is InChI=1S/C33H40F3N5O3/c1-5-21-6-7-23(28(16-21)39-13-10-22(11-14-39)29(42)43)18-40-15-12-37-31(40)38-30(44)33(36)20-41(32(2,3)4)19-26(33)25-9-8-24(34)17-27(25)35/h6-9,12,15-17,22,26H,5,10-11,13-14,18-20H2,1-4H3,(H,42,43)(H,37,38,44)/t26-,33-/m0/s1. The maximum Gasteiger partial charge on any atom is 0.306 e. The van der Waals surface area contributed by atoms with Gasteiger partial charge >= 0.3 is 5.97 Å². The fraction of sp³-hybridized carbons (Fsp3) is 0.485. The molecule has 2 aliphatic heterocycles. The molecule has 236 valence electrons. The lowest BCUT2D eigenvalue weighted by Crippen LogP contribution is -2.47. The predicted molar refractivity (Wildman–Crippen MR) is 163 cm³/mol. The third-order valence-corrected chi connectivity index (χ3v) is 9.06. The molecular formula is C33H40F3N5O3. The van der Waals surface area contributed by atoms with Crippen molar-refractivity contribution in [2.75, 3.05) is 36.4 Å². The van der Waals surface area contributed by atoms with Gasteiger partial charge in [-0.05, 0) is 68.9 Å². The number of nitrogens with one attached hydrogen (secondary N) is 1. The van der Waals surface area contributed by atoms with Crippen LogP contribution in [0.3, 0.4) is 0 Å². The van der Waals surface area contributed by atoms with E-state index in [4.69, 9.17) is 0 Å². The van der Waals surface area contributed by atoms with E-state index >= 15 is 4.39 Å². The Morgan fingerprint density at radius 1 is 1.11 bits per heavy atom. The highest BCUT2D eigenvalue weighted by molar-refractivity contribution is 5.97. The van der Waals surface area contributed by atoms with Crippen LogP contribution in [0.5, 0.6) is 0 Å². The molecule has 1 aromatic heterocycles. The van der Waals surface area contributed by atoms with Gasteiger partial charge in [0.15, 0.2) is 0 Å². The molecule has 0 aliphatic carbocycles. The number of carbonyl (C=O) groups excluding carboxylic acids is 1. The molecule has 0 spiro atoms. The Bertz CT molecular complexity index is 1530. The number of imidazole rings is 1. The van der Waals surface area contributed by atoms with Crippen molar-refractivity contribution in [3.8, 4) is 0 Å². The minimum absolute atomic E-state index is 0.0496. The number of amides is 1. The maximum absolute atomic E-state index is 16.9. The summed E-state index contributed by atoms with van der Waals surface area (Å²) >= 11 is 0. The summed E-state index contributed by atoms with van der Waals surface area (Å²) in [5.41, 5.74) is 0.0276. The number of alkyl halides is 1. The van der Waals surface area contributed by atoms with E-state index in [9.17, 15) is 23.5 Å². The van der Waals surface area contributed by atoms with Gasteiger partial charge in [-0.15, -0.1) is 0 Å². The molecule has 0 saturated carbocycles. The number of hydrogen-bond acceptors (Lipinski definition) is 5. The van der Waals surface area contributed by atoms with Crippen molar-refractivity contribution in [2.24, 2.45) is 5.92 Å². The van der Waals surface area contributed by atoms with Crippen LogP contribution in [-0.2, 0) is 22.6 Å². The molecular weight excluding hydrogens is 571 g/mol. The van der Waals surface area contributed by atoms with Crippen molar-refractivity contribution in [1.82, 2.24) is 14.5 Å². The highest BCUT2D eigenvalue weighted by atomic mass is 19.1. The molecule has 5 rings (SSSR count). The van der Waals surface area contributed by atoms with Crippen molar-refractivity contribution < 1.29 is 27.9 Å². The Morgan fingerprint density at radius 2 is 1.84 bits per heavy atom.